The van der Waals surface area contributed by atoms with Crippen molar-refractivity contribution < 1.29 is 27.4 Å². The van der Waals surface area contributed by atoms with Gasteiger partial charge in [-0.1, -0.05) is 18.2 Å². The average molecular weight is 510 g/mol. The second-order valence-corrected chi connectivity index (χ2v) is 8.94. The minimum atomic E-state index is -4.47. The summed E-state index contributed by atoms with van der Waals surface area (Å²) >= 11 is 0. The van der Waals surface area contributed by atoms with Crippen molar-refractivity contribution in [3.05, 3.63) is 84.2 Å². The molecule has 1 aliphatic rings. The molecule has 1 amide bonds. The third kappa shape index (κ3) is 5.26. The fourth-order valence-corrected chi connectivity index (χ4v) is 4.71. The highest BCUT2D eigenvalue weighted by molar-refractivity contribution is 5.96. The Labute approximate surface area is 212 Å². The Morgan fingerprint density at radius 2 is 1.76 bits per heavy atom. The number of nitrogens with zero attached hydrogens (tertiary/aromatic N) is 3. The number of imidazole rings is 1. The molecule has 0 unspecified atom stereocenters. The van der Waals surface area contributed by atoms with Crippen molar-refractivity contribution >= 4 is 22.6 Å². The second kappa shape index (κ2) is 10.2. The Kier molecular flexibility index (Phi) is 6.78. The molecule has 0 aliphatic carbocycles. The molecule has 0 saturated carbocycles. The number of para-hydroxylation sites is 2. The maximum absolute atomic E-state index is 13.2. The van der Waals surface area contributed by atoms with Gasteiger partial charge in [-0.05, 0) is 61.0 Å². The van der Waals surface area contributed by atoms with Gasteiger partial charge >= 0.3 is 6.18 Å². The first-order valence-corrected chi connectivity index (χ1v) is 12.0. The van der Waals surface area contributed by atoms with E-state index in [0.717, 1.165) is 40.5 Å². The van der Waals surface area contributed by atoms with Gasteiger partial charge in [0.1, 0.15) is 17.3 Å². The molecule has 192 valence electrons. The Morgan fingerprint density at radius 1 is 1.00 bits per heavy atom. The topological polar surface area (TPSA) is 56.6 Å². The number of hydrogen-bond acceptors (Lipinski definition) is 4. The van der Waals surface area contributed by atoms with E-state index in [4.69, 9.17) is 14.5 Å². The van der Waals surface area contributed by atoms with Gasteiger partial charge in [-0.3, -0.25) is 4.79 Å². The zero-order valence-corrected chi connectivity index (χ0v) is 20.2. The van der Waals surface area contributed by atoms with Crippen molar-refractivity contribution in [1.82, 2.24) is 9.55 Å². The van der Waals surface area contributed by atoms with Crippen molar-refractivity contribution in [3.63, 3.8) is 0 Å². The predicted molar refractivity (Wildman–Crippen MR) is 134 cm³/mol. The summed E-state index contributed by atoms with van der Waals surface area (Å²) < 4.78 is 52.8. The van der Waals surface area contributed by atoms with E-state index in [-0.39, 0.29) is 30.5 Å². The van der Waals surface area contributed by atoms with Crippen molar-refractivity contribution in [2.45, 2.75) is 31.5 Å². The molecule has 0 radical (unpaired) electrons. The van der Waals surface area contributed by atoms with Gasteiger partial charge in [0.15, 0.2) is 0 Å². The molecular formula is C28H26F3N3O3. The number of ether oxygens (including phenoxy) is 2. The molecule has 1 aromatic heterocycles. The number of rotatable bonds is 8. The molecule has 5 rings (SSSR count). The fourth-order valence-electron chi connectivity index (χ4n) is 4.71. The lowest BCUT2D eigenvalue weighted by Crippen LogP contribution is -2.25. The lowest BCUT2D eigenvalue weighted by molar-refractivity contribution is -0.137. The van der Waals surface area contributed by atoms with E-state index in [1.807, 2.05) is 48.5 Å². The quantitative estimate of drug-likeness (QED) is 0.271. The summed E-state index contributed by atoms with van der Waals surface area (Å²) in [5.41, 5.74) is 1.24. The van der Waals surface area contributed by atoms with Crippen molar-refractivity contribution in [1.29, 1.82) is 0 Å². The van der Waals surface area contributed by atoms with Crippen LogP contribution in [0, 0.1) is 0 Å². The van der Waals surface area contributed by atoms with Gasteiger partial charge < -0.3 is 18.9 Å². The molecule has 1 atom stereocenters. The van der Waals surface area contributed by atoms with Gasteiger partial charge in [-0.15, -0.1) is 0 Å². The second-order valence-electron chi connectivity index (χ2n) is 8.94. The summed E-state index contributed by atoms with van der Waals surface area (Å²) in [4.78, 5) is 19.1. The van der Waals surface area contributed by atoms with Gasteiger partial charge in [0.05, 0.1) is 30.3 Å². The number of aromatic nitrogens is 2. The Balaban J connectivity index is 1.33. The van der Waals surface area contributed by atoms with Crippen LogP contribution < -0.4 is 14.4 Å². The zero-order chi connectivity index (χ0) is 26.0. The first-order chi connectivity index (χ1) is 17.8. The molecule has 9 heteroatoms. The number of aryl methyl sites for hydroxylation is 1. The van der Waals surface area contributed by atoms with E-state index in [1.165, 1.54) is 17.0 Å². The molecule has 37 heavy (non-hydrogen) atoms. The van der Waals surface area contributed by atoms with E-state index >= 15 is 0 Å². The van der Waals surface area contributed by atoms with E-state index in [0.29, 0.717) is 19.6 Å². The van der Waals surface area contributed by atoms with Crippen molar-refractivity contribution in [3.8, 4) is 11.5 Å². The first kappa shape index (κ1) is 24.7. The Hall–Kier alpha value is -4.01. The van der Waals surface area contributed by atoms with Gasteiger partial charge in [0.25, 0.3) is 0 Å². The standard InChI is InChI=1S/C28H26F3N3O3/c1-36-22-10-12-23(13-11-22)37-15-5-14-33-25-9-3-2-8-24(25)32-27(33)19-16-26(35)34(18-19)21-7-4-6-20(17-21)28(29,30)31/h2-4,6-13,17,19H,5,14-16,18H2,1H3/t19-/m1/s1. The normalized spacial score (nSPS) is 15.9. The molecule has 2 heterocycles. The summed E-state index contributed by atoms with van der Waals surface area (Å²) in [5.74, 6) is 1.80. The smallest absolute Gasteiger partial charge is 0.416 e. The number of alkyl halides is 3. The summed E-state index contributed by atoms with van der Waals surface area (Å²) in [6.07, 6.45) is -3.58. The zero-order valence-electron chi connectivity index (χ0n) is 20.2. The van der Waals surface area contributed by atoms with Crippen LogP contribution in [0.2, 0.25) is 0 Å². The molecular weight excluding hydrogens is 483 g/mol. The largest absolute Gasteiger partial charge is 0.497 e. The first-order valence-electron chi connectivity index (χ1n) is 12.0. The van der Waals surface area contributed by atoms with Crippen molar-refractivity contribution in [2.24, 2.45) is 0 Å². The number of fused-ring (bicyclic) bond motifs is 1. The van der Waals surface area contributed by atoms with Crippen LogP contribution in [0.1, 0.15) is 30.1 Å². The maximum atomic E-state index is 13.2. The number of anilines is 1. The monoisotopic (exact) mass is 509 g/mol. The van der Waals surface area contributed by atoms with Crippen LogP contribution in [0.4, 0.5) is 18.9 Å². The van der Waals surface area contributed by atoms with Gasteiger partial charge in [0.2, 0.25) is 5.91 Å². The molecule has 6 nitrogen and oxygen atoms in total. The van der Waals surface area contributed by atoms with Gasteiger partial charge in [-0.25, -0.2) is 4.98 Å². The molecule has 0 N–H and O–H groups in total. The number of hydrogen-bond donors (Lipinski definition) is 0. The Bertz CT molecular complexity index is 1400. The highest BCUT2D eigenvalue weighted by Crippen LogP contribution is 2.36. The summed E-state index contributed by atoms with van der Waals surface area (Å²) in [6.45, 7) is 1.38. The van der Waals surface area contributed by atoms with E-state index < -0.39 is 11.7 Å². The highest BCUT2D eigenvalue weighted by atomic mass is 19.4. The molecule has 0 spiro atoms. The lowest BCUT2D eigenvalue weighted by Gasteiger charge is -2.19. The molecule has 3 aromatic carbocycles. The molecule has 0 bridgehead atoms. The molecule has 1 saturated heterocycles. The molecule has 1 fully saturated rings. The third-order valence-corrected chi connectivity index (χ3v) is 6.51. The lowest BCUT2D eigenvalue weighted by atomic mass is 10.1. The predicted octanol–water partition coefficient (Wildman–Crippen LogP) is 6.05. The van der Waals surface area contributed by atoms with Crippen LogP contribution in [0.5, 0.6) is 11.5 Å². The molecule has 4 aromatic rings. The highest BCUT2D eigenvalue weighted by Gasteiger charge is 2.36. The number of carbonyl (C=O) groups is 1. The fraction of sp³-hybridized carbons (Fsp3) is 0.286. The number of methoxy groups -OCH3 is 1. The van der Waals surface area contributed by atoms with Crippen LogP contribution in [-0.2, 0) is 17.5 Å². The van der Waals surface area contributed by atoms with Crippen LogP contribution >= 0.6 is 0 Å². The summed E-state index contributed by atoms with van der Waals surface area (Å²) in [7, 11) is 1.61. The van der Waals surface area contributed by atoms with Crippen LogP contribution in [0.25, 0.3) is 11.0 Å². The number of amides is 1. The maximum Gasteiger partial charge on any atom is 0.416 e. The van der Waals surface area contributed by atoms with Crippen LogP contribution in [-0.4, -0.2) is 35.7 Å². The average Bonchev–Trinajstić information content (AvgIpc) is 3.47. The minimum absolute atomic E-state index is 0.182. The Morgan fingerprint density at radius 3 is 2.51 bits per heavy atom. The van der Waals surface area contributed by atoms with Crippen molar-refractivity contribution in [2.75, 3.05) is 25.2 Å². The van der Waals surface area contributed by atoms with Gasteiger partial charge in [0, 0.05) is 31.1 Å². The molecule has 1 aliphatic heterocycles. The summed E-state index contributed by atoms with van der Waals surface area (Å²) in [5, 5.41) is 0. The van der Waals surface area contributed by atoms with Crippen LogP contribution in [0.15, 0.2) is 72.8 Å². The van der Waals surface area contributed by atoms with E-state index in [2.05, 4.69) is 4.57 Å². The van der Waals surface area contributed by atoms with E-state index in [9.17, 15) is 18.0 Å². The SMILES string of the molecule is COc1ccc(OCCCn2c([C@@H]3CC(=O)N(c4cccc(C(F)(F)F)c4)C3)nc3ccccc32)cc1. The minimum Gasteiger partial charge on any atom is -0.497 e. The number of halogens is 3. The summed E-state index contributed by atoms with van der Waals surface area (Å²) in [6, 6.07) is 20.0. The van der Waals surface area contributed by atoms with E-state index in [1.54, 1.807) is 7.11 Å². The third-order valence-electron chi connectivity index (χ3n) is 6.51. The number of benzene rings is 3. The van der Waals surface area contributed by atoms with Gasteiger partial charge in [-0.2, -0.15) is 13.2 Å². The number of carbonyl (C=O) groups excluding carboxylic acids is 1. The van der Waals surface area contributed by atoms with Crippen LogP contribution in [0.3, 0.4) is 0 Å².